The number of rotatable bonds is 3. The van der Waals surface area contributed by atoms with Crippen LogP contribution in [0, 0.1) is 0 Å². The quantitative estimate of drug-likeness (QED) is 0.465. The number of aliphatic imine (C=N–C) groups is 1. The summed E-state index contributed by atoms with van der Waals surface area (Å²) >= 11 is 0. The highest BCUT2D eigenvalue weighted by molar-refractivity contribution is 14.0. The Morgan fingerprint density at radius 3 is 2.95 bits per heavy atom. The average molecular weight is 401 g/mol. The lowest BCUT2D eigenvalue weighted by molar-refractivity contribution is 0.118. The first-order chi connectivity index (χ1) is 9.83. The van der Waals surface area contributed by atoms with Crippen LogP contribution < -0.4 is 11.1 Å². The van der Waals surface area contributed by atoms with E-state index in [0.29, 0.717) is 12.5 Å². The van der Waals surface area contributed by atoms with Crippen molar-refractivity contribution in [2.24, 2.45) is 10.7 Å². The van der Waals surface area contributed by atoms with Crippen molar-refractivity contribution in [2.75, 3.05) is 18.5 Å². The molecule has 1 unspecified atom stereocenters. The Morgan fingerprint density at radius 2 is 2.14 bits per heavy atom. The molecule has 1 saturated heterocycles. The molecule has 4 nitrogen and oxygen atoms in total. The first kappa shape index (κ1) is 16.5. The second-order valence-corrected chi connectivity index (χ2v) is 5.64. The fraction of sp³-hybridized carbons (Fsp3) is 0.562. The maximum absolute atomic E-state index is 6.00. The molecule has 21 heavy (non-hydrogen) atoms. The number of nitrogens with two attached hydrogens (primary N) is 1. The Hall–Kier alpha value is -0.820. The molecule has 116 valence electrons. The molecule has 0 saturated carbocycles. The molecule has 1 aliphatic carbocycles. The van der Waals surface area contributed by atoms with Crippen LogP contribution in [-0.4, -0.2) is 25.2 Å². The minimum Gasteiger partial charge on any atom is -0.376 e. The molecule has 1 atom stereocenters. The molecule has 0 bridgehead atoms. The first-order valence-corrected chi connectivity index (χ1v) is 7.62. The van der Waals surface area contributed by atoms with Gasteiger partial charge in [0.05, 0.1) is 12.6 Å². The van der Waals surface area contributed by atoms with Crippen molar-refractivity contribution in [3.05, 3.63) is 29.3 Å². The van der Waals surface area contributed by atoms with Crippen molar-refractivity contribution < 1.29 is 4.74 Å². The number of aryl methyl sites for hydroxylation is 1. The fourth-order valence-corrected chi connectivity index (χ4v) is 3.06. The normalized spacial score (nSPS) is 21.5. The summed E-state index contributed by atoms with van der Waals surface area (Å²) < 4.78 is 5.55. The van der Waals surface area contributed by atoms with E-state index in [1.165, 1.54) is 30.4 Å². The summed E-state index contributed by atoms with van der Waals surface area (Å²) in [7, 11) is 0. The smallest absolute Gasteiger partial charge is 0.193 e. The number of nitrogens with zero attached hydrogens (tertiary/aromatic N) is 1. The Kier molecular flexibility index (Phi) is 6.29. The van der Waals surface area contributed by atoms with Gasteiger partial charge in [0.2, 0.25) is 0 Å². The highest BCUT2D eigenvalue weighted by atomic mass is 127. The average Bonchev–Trinajstić information content (AvgIpc) is 2.99. The molecule has 2 aliphatic rings. The predicted molar refractivity (Wildman–Crippen MR) is 97.6 cm³/mol. The van der Waals surface area contributed by atoms with E-state index in [0.717, 1.165) is 31.6 Å². The van der Waals surface area contributed by atoms with Crippen molar-refractivity contribution in [3.8, 4) is 0 Å². The van der Waals surface area contributed by atoms with Crippen molar-refractivity contribution in [2.45, 2.75) is 44.6 Å². The van der Waals surface area contributed by atoms with Gasteiger partial charge < -0.3 is 15.8 Å². The molecule has 3 rings (SSSR count). The highest BCUT2D eigenvalue weighted by Crippen LogP contribution is 2.27. The zero-order valence-electron chi connectivity index (χ0n) is 12.3. The van der Waals surface area contributed by atoms with Crippen LogP contribution in [-0.2, 0) is 17.6 Å². The summed E-state index contributed by atoms with van der Waals surface area (Å²) in [6.07, 6.45) is 7.35. The lowest BCUT2D eigenvalue weighted by Crippen LogP contribution is -2.25. The van der Waals surface area contributed by atoms with Gasteiger partial charge >= 0.3 is 0 Å². The van der Waals surface area contributed by atoms with Gasteiger partial charge in [0.15, 0.2) is 5.96 Å². The lowest BCUT2D eigenvalue weighted by atomic mass is 9.90. The topological polar surface area (TPSA) is 59.6 Å². The van der Waals surface area contributed by atoms with E-state index >= 15 is 0 Å². The number of halogens is 1. The van der Waals surface area contributed by atoms with Crippen LogP contribution in [0.2, 0.25) is 0 Å². The van der Waals surface area contributed by atoms with Crippen LogP contribution in [0.4, 0.5) is 5.69 Å². The summed E-state index contributed by atoms with van der Waals surface area (Å²) in [5.41, 5.74) is 9.98. The number of hydrogen-bond donors (Lipinski definition) is 2. The largest absolute Gasteiger partial charge is 0.376 e. The van der Waals surface area contributed by atoms with Crippen LogP contribution in [0.1, 0.15) is 36.8 Å². The van der Waals surface area contributed by atoms with Crippen LogP contribution in [0.3, 0.4) is 0 Å². The number of nitrogens with one attached hydrogen (secondary N) is 1. The van der Waals surface area contributed by atoms with E-state index in [9.17, 15) is 0 Å². The Labute approximate surface area is 143 Å². The molecule has 3 N–H and O–H groups in total. The van der Waals surface area contributed by atoms with Gasteiger partial charge in [-0.3, -0.25) is 4.99 Å². The second kappa shape index (κ2) is 7.98. The standard InChI is InChI=1S/C16H23N3O.HI/c17-16(18-11-13-7-4-10-20-13)19-15-9-3-6-12-5-1-2-8-14(12)15;/h3,6,9,13H,1-2,4-5,7-8,10-11H2,(H3,17,18,19);1H. The van der Waals surface area contributed by atoms with Crippen molar-refractivity contribution in [1.29, 1.82) is 0 Å². The van der Waals surface area contributed by atoms with E-state index in [4.69, 9.17) is 10.5 Å². The molecule has 5 heteroatoms. The number of ether oxygens (including phenoxy) is 1. The zero-order chi connectivity index (χ0) is 13.8. The van der Waals surface area contributed by atoms with Crippen molar-refractivity contribution >= 4 is 35.6 Å². The van der Waals surface area contributed by atoms with Gasteiger partial charge in [0.1, 0.15) is 0 Å². The number of hydrogen-bond acceptors (Lipinski definition) is 2. The maximum Gasteiger partial charge on any atom is 0.193 e. The molecule has 0 aromatic heterocycles. The van der Waals surface area contributed by atoms with E-state index in [1.54, 1.807) is 0 Å². The summed E-state index contributed by atoms with van der Waals surface area (Å²) in [6, 6.07) is 6.41. The number of anilines is 1. The first-order valence-electron chi connectivity index (χ1n) is 7.62. The number of guanidine groups is 1. The van der Waals surface area contributed by atoms with E-state index in [2.05, 4.69) is 28.5 Å². The number of fused-ring (bicyclic) bond motifs is 1. The fourth-order valence-electron chi connectivity index (χ4n) is 3.06. The second-order valence-electron chi connectivity index (χ2n) is 5.64. The predicted octanol–water partition coefficient (Wildman–Crippen LogP) is 3.09. The van der Waals surface area contributed by atoms with Crippen molar-refractivity contribution in [1.82, 2.24) is 0 Å². The monoisotopic (exact) mass is 401 g/mol. The van der Waals surface area contributed by atoms with Gasteiger partial charge in [-0.2, -0.15) is 0 Å². The van der Waals surface area contributed by atoms with Crippen LogP contribution in [0.15, 0.2) is 23.2 Å². The third-order valence-electron chi connectivity index (χ3n) is 4.15. The third kappa shape index (κ3) is 4.32. The molecule has 1 aromatic carbocycles. The summed E-state index contributed by atoms with van der Waals surface area (Å²) in [6.45, 7) is 1.52. The van der Waals surface area contributed by atoms with Gasteiger partial charge in [-0.15, -0.1) is 24.0 Å². The van der Waals surface area contributed by atoms with Gasteiger partial charge in [-0.25, -0.2) is 0 Å². The van der Waals surface area contributed by atoms with Crippen LogP contribution in [0.25, 0.3) is 0 Å². The van der Waals surface area contributed by atoms with Gasteiger partial charge in [-0.1, -0.05) is 12.1 Å². The highest BCUT2D eigenvalue weighted by Gasteiger charge is 2.15. The zero-order valence-corrected chi connectivity index (χ0v) is 14.6. The van der Waals surface area contributed by atoms with E-state index < -0.39 is 0 Å². The molecule has 1 aliphatic heterocycles. The molecule has 0 radical (unpaired) electrons. The third-order valence-corrected chi connectivity index (χ3v) is 4.15. The van der Waals surface area contributed by atoms with E-state index in [1.807, 2.05) is 0 Å². The SMILES string of the molecule is I.NC(=NCC1CCCO1)Nc1cccc2c1CCCC2. The molecular formula is C16H24IN3O. The van der Waals surface area contributed by atoms with Crippen LogP contribution >= 0.6 is 24.0 Å². The lowest BCUT2D eigenvalue weighted by Gasteiger charge is -2.20. The molecule has 1 aromatic rings. The minimum atomic E-state index is 0. The van der Waals surface area contributed by atoms with Gasteiger partial charge in [-0.05, 0) is 55.7 Å². The van der Waals surface area contributed by atoms with Crippen LogP contribution in [0.5, 0.6) is 0 Å². The van der Waals surface area contributed by atoms with E-state index in [-0.39, 0.29) is 30.1 Å². The number of benzene rings is 1. The molecule has 0 amide bonds. The summed E-state index contributed by atoms with van der Waals surface area (Å²) in [5.74, 6) is 0.500. The Bertz CT molecular complexity index is 498. The minimum absolute atomic E-state index is 0. The molecule has 1 heterocycles. The van der Waals surface area contributed by atoms with Gasteiger partial charge in [0, 0.05) is 12.3 Å². The Balaban J connectivity index is 0.00000161. The van der Waals surface area contributed by atoms with Gasteiger partial charge in [0.25, 0.3) is 0 Å². The van der Waals surface area contributed by atoms with Crippen molar-refractivity contribution in [3.63, 3.8) is 0 Å². The Morgan fingerprint density at radius 1 is 1.29 bits per heavy atom. The maximum atomic E-state index is 6.00. The molecule has 1 fully saturated rings. The molecule has 0 spiro atoms. The molecular weight excluding hydrogens is 377 g/mol. The summed E-state index contributed by atoms with van der Waals surface area (Å²) in [5, 5.41) is 3.27. The summed E-state index contributed by atoms with van der Waals surface area (Å²) in [4.78, 5) is 4.41.